The summed E-state index contributed by atoms with van der Waals surface area (Å²) in [6.45, 7) is 8.22. The van der Waals surface area contributed by atoms with Crippen LogP contribution in [0.15, 0.2) is 54.6 Å². The maximum absolute atomic E-state index is 13.6. The fourth-order valence-electron chi connectivity index (χ4n) is 4.80. The molecular formula is C23H23ClN2O2. The molecule has 3 unspecified atom stereocenters. The molecule has 0 aliphatic carbocycles. The third-order valence-corrected chi connectivity index (χ3v) is 6.41. The van der Waals surface area contributed by atoms with Gasteiger partial charge in [-0.2, -0.15) is 0 Å². The number of benzene rings is 2. The van der Waals surface area contributed by atoms with Crippen LogP contribution in [-0.2, 0) is 15.0 Å². The van der Waals surface area contributed by atoms with E-state index in [9.17, 15) is 9.59 Å². The van der Waals surface area contributed by atoms with Crippen molar-refractivity contribution in [3.05, 3.63) is 76.3 Å². The van der Waals surface area contributed by atoms with Crippen LogP contribution < -0.4 is 10.6 Å². The van der Waals surface area contributed by atoms with E-state index in [-0.39, 0.29) is 24.2 Å². The van der Waals surface area contributed by atoms with E-state index in [1.165, 1.54) is 0 Å². The normalized spacial score (nSPS) is 26.0. The van der Waals surface area contributed by atoms with Gasteiger partial charge in [0, 0.05) is 23.0 Å². The number of piperidine rings is 1. The van der Waals surface area contributed by atoms with Gasteiger partial charge in [-0.15, -0.1) is 0 Å². The second-order valence-corrected chi connectivity index (χ2v) is 8.08. The van der Waals surface area contributed by atoms with Gasteiger partial charge in [0.05, 0.1) is 6.04 Å². The highest BCUT2D eigenvalue weighted by molar-refractivity contribution is 6.31. The van der Waals surface area contributed by atoms with Gasteiger partial charge in [-0.25, -0.2) is 0 Å². The van der Waals surface area contributed by atoms with E-state index in [0.717, 1.165) is 22.3 Å². The number of aryl methyl sites for hydroxylation is 1. The molecule has 1 fully saturated rings. The molecule has 2 aromatic rings. The van der Waals surface area contributed by atoms with Crippen LogP contribution in [0.4, 0.5) is 5.69 Å². The minimum absolute atomic E-state index is 0.0614. The average Bonchev–Trinajstić information content (AvgIpc) is 2.95. The lowest BCUT2D eigenvalue weighted by atomic mass is 9.58. The van der Waals surface area contributed by atoms with Gasteiger partial charge in [0.1, 0.15) is 5.41 Å². The van der Waals surface area contributed by atoms with Crippen LogP contribution in [0.2, 0.25) is 5.02 Å². The number of halogens is 1. The topological polar surface area (TPSA) is 58.2 Å². The van der Waals surface area contributed by atoms with E-state index >= 15 is 0 Å². The van der Waals surface area contributed by atoms with Crippen molar-refractivity contribution in [2.24, 2.45) is 0 Å². The van der Waals surface area contributed by atoms with Crippen molar-refractivity contribution in [1.82, 2.24) is 5.32 Å². The number of fused-ring (bicyclic) bond motifs is 2. The number of hydrogen-bond donors (Lipinski definition) is 2. The molecule has 144 valence electrons. The Morgan fingerprint density at radius 1 is 1.25 bits per heavy atom. The van der Waals surface area contributed by atoms with Crippen molar-refractivity contribution in [2.45, 2.75) is 44.1 Å². The molecule has 2 heterocycles. The van der Waals surface area contributed by atoms with Gasteiger partial charge in [0.2, 0.25) is 11.8 Å². The number of anilines is 1. The summed E-state index contributed by atoms with van der Waals surface area (Å²) < 4.78 is 0. The van der Waals surface area contributed by atoms with Crippen molar-refractivity contribution in [2.75, 3.05) is 5.32 Å². The Bertz CT molecular complexity index is 1000. The standard InChI is InChI=1S/C23H23ClN2O2/c1-4-13(2)21-23(17-10-9-15(24)11-19(17)25-22(23)28)18(12-20(27)26-21)16-8-6-5-7-14(16)3/h5-11,18,21H,2,4,12H2,1,3H3,(H,25,28)(H,26,27). The molecule has 1 saturated heterocycles. The van der Waals surface area contributed by atoms with Crippen molar-refractivity contribution >= 4 is 29.1 Å². The molecule has 28 heavy (non-hydrogen) atoms. The number of hydrogen-bond acceptors (Lipinski definition) is 2. The largest absolute Gasteiger partial charge is 0.348 e. The van der Waals surface area contributed by atoms with Gasteiger partial charge < -0.3 is 10.6 Å². The summed E-state index contributed by atoms with van der Waals surface area (Å²) in [7, 11) is 0. The zero-order chi connectivity index (χ0) is 20.1. The van der Waals surface area contributed by atoms with Crippen molar-refractivity contribution in [3.63, 3.8) is 0 Å². The van der Waals surface area contributed by atoms with Gasteiger partial charge in [0.25, 0.3) is 0 Å². The predicted octanol–water partition coefficient (Wildman–Crippen LogP) is 4.48. The van der Waals surface area contributed by atoms with Crippen molar-refractivity contribution in [1.29, 1.82) is 0 Å². The van der Waals surface area contributed by atoms with E-state index < -0.39 is 11.5 Å². The van der Waals surface area contributed by atoms with E-state index in [1.807, 2.05) is 44.2 Å². The highest BCUT2D eigenvalue weighted by Gasteiger charge is 2.61. The van der Waals surface area contributed by atoms with Gasteiger partial charge in [0.15, 0.2) is 0 Å². The lowest BCUT2D eigenvalue weighted by Gasteiger charge is -2.47. The first-order valence-corrected chi connectivity index (χ1v) is 9.91. The van der Waals surface area contributed by atoms with Crippen LogP contribution in [0, 0.1) is 6.92 Å². The lowest BCUT2D eigenvalue weighted by Crippen LogP contribution is -2.62. The number of amides is 2. The zero-order valence-electron chi connectivity index (χ0n) is 16.0. The molecule has 2 N–H and O–H groups in total. The molecule has 0 bridgehead atoms. The van der Waals surface area contributed by atoms with Gasteiger partial charge in [-0.3, -0.25) is 9.59 Å². The summed E-state index contributed by atoms with van der Waals surface area (Å²) in [4.78, 5) is 26.3. The summed E-state index contributed by atoms with van der Waals surface area (Å²) in [6, 6.07) is 13.0. The maximum Gasteiger partial charge on any atom is 0.238 e. The molecule has 0 radical (unpaired) electrons. The van der Waals surface area contributed by atoms with E-state index in [4.69, 9.17) is 11.6 Å². The molecular weight excluding hydrogens is 372 g/mol. The number of rotatable bonds is 3. The van der Waals surface area contributed by atoms with E-state index in [0.29, 0.717) is 17.1 Å². The third-order valence-electron chi connectivity index (χ3n) is 6.18. The second-order valence-electron chi connectivity index (χ2n) is 7.64. The van der Waals surface area contributed by atoms with Crippen LogP contribution in [0.25, 0.3) is 0 Å². The molecule has 0 saturated carbocycles. The van der Waals surface area contributed by atoms with Crippen molar-refractivity contribution < 1.29 is 9.59 Å². The van der Waals surface area contributed by atoms with Crippen LogP contribution in [0.5, 0.6) is 0 Å². The predicted molar refractivity (Wildman–Crippen MR) is 112 cm³/mol. The molecule has 4 rings (SSSR count). The molecule has 3 atom stereocenters. The highest BCUT2D eigenvalue weighted by atomic mass is 35.5. The van der Waals surface area contributed by atoms with Crippen LogP contribution >= 0.6 is 11.6 Å². The SMILES string of the molecule is C=C(CC)C1NC(=O)CC(c2ccccc2C)C12C(=O)Nc1cc(Cl)ccc12. The number of nitrogens with one attached hydrogen (secondary N) is 2. The van der Waals surface area contributed by atoms with Crippen LogP contribution in [0.1, 0.15) is 42.4 Å². The van der Waals surface area contributed by atoms with Crippen LogP contribution in [-0.4, -0.2) is 17.9 Å². The first kappa shape index (κ1) is 18.8. The average molecular weight is 395 g/mol. The Kier molecular flexibility index (Phi) is 4.54. The molecule has 0 aromatic heterocycles. The third kappa shape index (κ3) is 2.59. The number of carbonyl (C=O) groups excluding carboxylic acids is 2. The highest BCUT2D eigenvalue weighted by Crippen LogP contribution is 2.54. The fourth-order valence-corrected chi connectivity index (χ4v) is 4.98. The molecule has 2 aliphatic heterocycles. The van der Waals surface area contributed by atoms with Gasteiger partial charge >= 0.3 is 0 Å². The van der Waals surface area contributed by atoms with E-state index in [2.05, 4.69) is 17.2 Å². The first-order chi connectivity index (χ1) is 13.4. The molecule has 5 heteroatoms. The van der Waals surface area contributed by atoms with Gasteiger partial charge in [-0.1, -0.05) is 61.0 Å². The Morgan fingerprint density at radius 3 is 2.71 bits per heavy atom. The number of carbonyl (C=O) groups is 2. The Hall–Kier alpha value is -2.59. The van der Waals surface area contributed by atoms with E-state index in [1.54, 1.807) is 12.1 Å². The summed E-state index contributed by atoms with van der Waals surface area (Å²) >= 11 is 6.19. The zero-order valence-corrected chi connectivity index (χ0v) is 16.8. The lowest BCUT2D eigenvalue weighted by molar-refractivity contribution is -0.130. The van der Waals surface area contributed by atoms with Gasteiger partial charge in [-0.05, 0) is 42.2 Å². The fraction of sp³-hybridized carbons (Fsp3) is 0.304. The quantitative estimate of drug-likeness (QED) is 0.754. The molecule has 2 aliphatic rings. The summed E-state index contributed by atoms with van der Waals surface area (Å²) in [5.41, 5.74) is 3.55. The summed E-state index contributed by atoms with van der Waals surface area (Å²) in [5, 5.41) is 6.66. The molecule has 4 nitrogen and oxygen atoms in total. The summed E-state index contributed by atoms with van der Waals surface area (Å²) in [5.74, 6) is -0.468. The molecule has 2 aromatic carbocycles. The minimum atomic E-state index is -0.951. The molecule has 1 spiro atoms. The molecule has 2 amide bonds. The van der Waals surface area contributed by atoms with Crippen molar-refractivity contribution in [3.8, 4) is 0 Å². The minimum Gasteiger partial charge on any atom is -0.348 e. The Balaban J connectivity index is 2.03. The Labute approximate surface area is 170 Å². The first-order valence-electron chi connectivity index (χ1n) is 9.53. The summed E-state index contributed by atoms with van der Waals surface area (Å²) in [6.07, 6.45) is 0.914. The maximum atomic E-state index is 13.6. The van der Waals surface area contributed by atoms with Crippen LogP contribution in [0.3, 0.4) is 0 Å². The monoisotopic (exact) mass is 394 g/mol. The smallest absolute Gasteiger partial charge is 0.238 e. The second kappa shape index (κ2) is 6.78. The Morgan fingerprint density at radius 2 is 2.00 bits per heavy atom.